The highest BCUT2D eigenvalue weighted by Gasteiger charge is 2.32. The summed E-state index contributed by atoms with van der Waals surface area (Å²) >= 11 is 0. The molecule has 1 heterocycles. The Balaban J connectivity index is 2.44. The first-order valence-electron chi connectivity index (χ1n) is 5.86. The minimum Gasteiger partial charge on any atom is -0.373 e. The summed E-state index contributed by atoms with van der Waals surface area (Å²) in [6, 6.07) is 0. The van der Waals surface area contributed by atoms with Crippen molar-refractivity contribution < 1.29 is 22.7 Å². The summed E-state index contributed by atoms with van der Waals surface area (Å²) in [5, 5.41) is 0. The van der Waals surface area contributed by atoms with Crippen LogP contribution in [0.4, 0.5) is 13.2 Å². The summed E-state index contributed by atoms with van der Waals surface area (Å²) in [7, 11) is 1.17. The third-order valence-corrected chi connectivity index (χ3v) is 2.70. The number of carbonyl (C=O) groups is 1. The smallest absolute Gasteiger partial charge is 0.373 e. The van der Waals surface area contributed by atoms with E-state index < -0.39 is 18.6 Å². The first-order chi connectivity index (χ1) is 8.17. The minimum atomic E-state index is -4.35. The van der Waals surface area contributed by atoms with E-state index in [9.17, 15) is 18.0 Å². The molecule has 4 nitrogen and oxygen atoms in total. The van der Waals surface area contributed by atoms with Gasteiger partial charge in [0.25, 0.3) is 0 Å². The predicted octanol–water partition coefficient (Wildman–Crippen LogP) is 1.12. The van der Waals surface area contributed by atoms with Crippen molar-refractivity contribution in [2.24, 2.45) is 0 Å². The van der Waals surface area contributed by atoms with Crippen molar-refractivity contribution in [2.75, 3.05) is 33.2 Å². The number of ether oxygens (including phenoxy) is 1. The molecule has 1 aliphatic heterocycles. The van der Waals surface area contributed by atoms with E-state index in [0.29, 0.717) is 18.0 Å². The predicted molar refractivity (Wildman–Crippen MR) is 60.1 cm³/mol. The zero-order valence-corrected chi connectivity index (χ0v) is 10.8. The minimum absolute atomic E-state index is 0.00458. The summed E-state index contributed by atoms with van der Waals surface area (Å²) < 4.78 is 41.9. The van der Waals surface area contributed by atoms with Crippen molar-refractivity contribution in [1.82, 2.24) is 9.80 Å². The molecule has 0 aromatic heterocycles. The van der Waals surface area contributed by atoms with Crippen LogP contribution in [0.25, 0.3) is 0 Å². The summed E-state index contributed by atoms with van der Waals surface area (Å²) in [6.45, 7) is 3.69. The molecule has 1 amide bonds. The van der Waals surface area contributed by atoms with Crippen molar-refractivity contribution in [2.45, 2.75) is 32.2 Å². The topological polar surface area (TPSA) is 32.8 Å². The van der Waals surface area contributed by atoms with E-state index in [-0.39, 0.29) is 18.8 Å². The Labute approximate surface area is 105 Å². The number of amides is 1. The monoisotopic (exact) mass is 268 g/mol. The van der Waals surface area contributed by atoms with Crippen molar-refractivity contribution in [3.63, 3.8) is 0 Å². The normalized spacial score (nSPS) is 26.1. The molecule has 2 atom stereocenters. The SMILES string of the molecule is CC1CN(CC(=O)N(C)CC(F)(F)F)CC(C)O1. The molecule has 0 aromatic carbocycles. The molecular formula is C11H19F3N2O2. The Morgan fingerprint density at radius 2 is 1.83 bits per heavy atom. The van der Waals surface area contributed by atoms with Gasteiger partial charge in [-0.15, -0.1) is 0 Å². The van der Waals surface area contributed by atoms with Crippen LogP contribution in [0, 0.1) is 0 Å². The number of carbonyl (C=O) groups excluding carboxylic acids is 1. The van der Waals surface area contributed by atoms with Crippen LogP contribution in [-0.4, -0.2) is 67.3 Å². The lowest BCUT2D eigenvalue weighted by molar-refractivity contribution is -0.160. The fourth-order valence-electron chi connectivity index (χ4n) is 2.08. The average Bonchev–Trinajstić information content (AvgIpc) is 2.12. The van der Waals surface area contributed by atoms with Gasteiger partial charge in [0, 0.05) is 20.1 Å². The number of hydrogen-bond acceptors (Lipinski definition) is 3. The van der Waals surface area contributed by atoms with Gasteiger partial charge in [-0.05, 0) is 13.8 Å². The maximum Gasteiger partial charge on any atom is 0.406 e. The number of likely N-dealkylation sites (N-methyl/N-ethyl adjacent to an activating group) is 1. The van der Waals surface area contributed by atoms with Gasteiger partial charge in [-0.25, -0.2) is 0 Å². The molecule has 0 radical (unpaired) electrons. The van der Waals surface area contributed by atoms with Gasteiger partial charge in [-0.2, -0.15) is 13.2 Å². The second-order valence-electron chi connectivity index (χ2n) is 4.82. The van der Waals surface area contributed by atoms with E-state index in [2.05, 4.69) is 0 Å². The van der Waals surface area contributed by atoms with Crippen LogP contribution in [0.5, 0.6) is 0 Å². The highest BCUT2D eigenvalue weighted by molar-refractivity contribution is 5.78. The molecule has 0 saturated carbocycles. The maximum atomic E-state index is 12.1. The highest BCUT2D eigenvalue weighted by atomic mass is 19.4. The third-order valence-electron chi connectivity index (χ3n) is 2.70. The zero-order valence-electron chi connectivity index (χ0n) is 10.8. The summed E-state index contributed by atoms with van der Waals surface area (Å²) in [6.07, 6.45) is -4.36. The van der Waals surface area contributed by atoms with Crippen LogP contribution >= 0.6 is 0 Å². The molecule has 1 aliphatic rings. The van der Waals surface area contributed by atoms with E-state index in [1.165, 1.54) is 7.05 Å². The molecule has 0 aromatic rings. The third kappa shape index (κ3) is 5.22. The van der Waals surface area contributed by atoms with E-state index in [1.807, 2.05) is 18.7 Å². The first-order valence-corrected chi connectivity index (χ1v) is 5.86. The summed E-state index contributed by atoms with van der Waals surface area (Å²) in [4.78, 5) is 14.2. The van der Waals surface area contributed by atoms with E-state index >= 15 is 0 Å². The lowest BCUT2D eigenvalue weighted by Crippen LogP contribution is -2.50. The number of hydrogen-bond donors (Lipinski definition) is 0. The van der Waals surface area contributed by atoms with Crippen LogP contribution in [-0.2, 0) is 9.53 Å². The van der Waals surface area contributed by atoms with Crippen LogP contribution in [0.1, 0.15) is 13.8 Å². The second kappa shape index (κ2) is 5.88. The first kappa shape index (κ1) is 15.2. The van der Waals surface area contributed by atoms with Crippen molar-refractivity contribution in [1.29, 1.82) is 0 Å². The standard InChI is InChI=1S/C11H19F3N2O2/c1-8-4-16(5-9(2)18-8)6-10(17)15(3)7-11(12,13)14/h8-9H,4-7H2,1-3H3. The Kier molecular flexibility index (Phi) is 4.98. The van der Waals surface area contributed by atoms with E-state index in [1.54, 1.807) is 0 Å². The van der Waals surface area contributed by atoms with Crippen molar-refractivity contribution in [3.05, 3.63) is 0 Å². The number of morpholine rings is 1. The van der Waals surface area contributed by atoms with Crippen molar-refractivity contribution >= 4 is 5.91 Å². The molecule has 2 unspecified atom stereocenters. The van der Waals surface area contributed by atoms with Gasteiger partial charge in [-0.3, -0.25) is 9.69 Å². The molecule has 1 rings (SSSR count). The van der Waals surface area contributed by atoms with Crippen LogP contribution in [0.3, 0.4) is 0 Å². The van der Waals surface area contributed by atoms with Gasteiger partial charge < -0.3 is 9.64 Å². The Morgan fingerprint density at radius 1 is 1.33 bits per heavy atom. The summed E-state index contributed by atoms with van der Waals surface area (Å²) in [5.41, 5.74) is 0. The largest absolute Gasteiger partial charge is 0.406 e. The molecule has 0 N–H and O–H groups in total. The van der Waals surface area contributed by atoms with Crippen LogP contribution in [0.15, 0.2) is 0 Å². The molecule has 0 spiro atoms. The average molecular weight is 268 g/mol. The summed E-state index contributed by atoms with van der Waals surface area (Å²) in [5.74, 6) is -0.520. The fraction of sp³-hybridized carbons (Fsp3) is 0.909. The zero-order chi connectivity index (χ0) is 13.9. The lowest BCUT2D eigenvalue weighted by atomic mass is 10.2. The molecule has 0 bridgehead atoms. The van der Waals surface area contributed by atoms with Gasteiger partial charge in [0.15, 0.2) is 0 Å². The number of rotatable bonds is 3. The molecule has 0 aliphatic carbocycles. The maximum absolute atomic E-state index is 12.1. The van der Waals surface area contributed by atoms with Gasteiger partial charge in [0.2, 0.25) is 5.91 Å². The van der Waals surface area contributed by atoms with Gasteiger partial charge in [0.1, 0.15) is 6.54 Å². The molecule has 7 heteroatoms. The molecule has 1 fully saturated rings. The van der Waals surface area contributed by atoms with Crippen molar-refractivity contribution in [3.8, 4) is 0 Å². The van der Waals surface area contributed by atoms with Gasteiger partial charge >= 0.3 is 6.18 Å². The molecule has 1 saturated heterocycles. The van der Waals surface area contributed by atoms with E-state index in [4.69, 9.17) is 4.74 Å². The number of nitrogens with zero attached hydrogens (tertiary/aromatic N) is 2. The van der Waals surface area contributed by atoms with E-state index in [0.717, 1.165) is 0 Å². The second-order valence-corrected chi connectivity index (χ2v) is 4.82. The lowest BCUT2D eigenvalue weighted by Gasteiger charge is -2.35. The Hall–Kier alpha value is -0.820. The van der Waals surface area contributed by atoms with Gasteiger partial charge in [0.05, 0.1) is 18.8 Å². The Morgan fingerprint density at radius 3 is 2.28 bits per heavy atom. The molecular weight excluding hydrogens is 249 g/mol. The van der Waals surface area contributed by atoms with Crippen LogP contribution < -0.4 is 0 Å². The Bertz CT molecular complexity index is 287. The molecule has 18 heavy (non-hydrogen) atoms. The molecule has 106 valence electrons. The van der Waals surface area contributed by atoms with Gasteiger partial charge in [-0.1, -0.05) is 0 Å². The number of alkyl halides is 3. The van der Waals surface area contributed by atoms with Crippen LogP contribution in [0.2, 0.25) is 0 Å². The number of halogens is 3. The quantitative estimate of drug-likeness (QED) is 0.769. The highest BCUT2D eigenvalue weighted by Crippen LogP contribution is 2.16. The fourth-order valence-corrected chi connectivity index (χ4v) is 2.08.